The summed E-state index contributed by atoms with van der Waals surface area (Å²) in [6, 6.07) is 0. The molecule has 1 N–H and O–H groups in total. The molecule has 1 saturated heterocycles. The van der Waals surface area contributed by atoms with Crippen molar-refractivity contribution in [3.05, 3.63) is 0 Å². The highest BCUT2D eigenvalue weighted by molar-refractivity contribution is 4.68. The Bertz CT molecular complexity index is 39.7. The van der Waals surface area contributed by atoms with Crippen molar-refractivity contribution in [2.24, 2.45) is 5.92 Å². The Morgan fingerprint density at radius 2 is 1.62 bits per heavy atom. The summed E-state index contributed by atoms with van der Waals surface area (Å²) < 4.78 is 0. The van der Waals surface area contributed by atoms with Crippen molar-refractivity contribution in [2.75, 3.05) is 13.1 Å². The lowest BCUT2D eigenvalue weighted by Gasteiger charge is -2.21. The van der Waals surface area contributed by atoms with E-state index in [9.17, 15) is 0 Å². The molecule has 1 heterocycles. The van der Waals surface area contributed by atoms with Crippen LogP contribution in [0.15, 0.2) is 0 Å². The van der Waals surface area contributed by atoms with Crippen molar-refractivity contribution in [3.8, 4) is 0 Å². The number of hydrogen-bond donors (Lipinski definition) is 1. The molecule has 1 fully saturated rings. The van der Waals surface area contributed by atoms with Gasteiger partial charge in [0.05, 0.1) is 0 Å². The van der Waals surface area contributed by atoms with Gasteiger partial charge < -0.3 is 5.32 Å². The monoisotopic (exact) mass is 115 g/mol. The standard InChI is InChI=1S/C4H9N.C3H8/c1-4-2-5-3-4;1-3-2/h4-5H,2-3H2,1H3;3H2,1-2H3. The summed E-state index contributed by atoms with van der Waals surface area (Å²) in [4.78, 5) is 0. The zero-order valence-corrected chi connectivity index (χ0v) is 6.20. The van der Waals surface area contributed by atoms with Crippen LogP contribution in [0.2, 0.25) is 0 Å². The van der Waals surface area contributed by atoms with E-state index in [1.807, 2.05) is 0 Å². The molecule has 1 aliphatic heterocycles. The van der Waals surface area contributed by atoms with Gasteiger partial charge in [-0.1, -0.05) is 27.2 Å². The Hall–Kier alpha value is -0.0400. The summed E-state index contributed by atoms with van der Waals surface area (Å²) >= 11 is 0. The summed E-state index contributed by atoms with van der Waals surface area (Å²) in [5.74, 6) is 0.954. The van der Waals surface area contributed by atoms with E-state index in [1.165, 1.54) is 19.5 Å². The first-order valence-corrected chi connectivity index (χ1v) is 3.52. The third-order valence-electron chi connectivity index (χ3n) is 0.986. The normalized spacial score (nSPS) is 18.4. The van der Waals surface area contributed by atoms with Crippen molar-refractivity contribution in [2.45, 2.75) is 27.2 Å². The van der Waals surface area contributed by atoms with E-state index in [1.54, 1.807) is 0 Å². The summed E-state index contributed by atoms with van der Waals surface area (Å²) in [6.07, 6.45) is 1.25. The van der Waals surface area contributed by atoms with Gasteiger partial charge in [-0.2, -0.15) is 0 Å². The number of nitrogens with one attached hydrogen (secondary N) is 1. The van der Waals surface area contributed by atoms with Crippen LogP contribution in [0.5, 0.6) is 0 Å². The van der Waals surface area contributed by atoms with E-state index in [0.29, 0.717) is 0 Å². The lowest BCUT2D eigenvalue weighted by Crippen LogP contribution is -2.39. The quantitative estimate of drug-likeness (QED) is 0.506. The topological polar surface area (TPSA) is 12.0 Å². The van der Waals surface area contributed by atoms with E-state index >= 15 is 0 Å². The van der Waals surface area contributed by atoms with Crippen LogP contribution in [0.3, 0.4) is 0 Å². The fourth-order valence-corrected chi connectivity index (χ4v) is 0.433. The van der Waals surface area contributed by atoms with Crippen LogP contribution in [0.25, 0.3) is 0 Å². The second kappa shape index (κ2) is 5.10. The maximum Gasteiger partial charge on any atom is -0.00109 e. The minimum atomic E-state index is 0.954. The molecule has 1 rings (SSSR count). The molecule has 0 unspecified atom stereocenters. The molecule has 0 saturated carbocycles. The Kier molecular flexibility index (Phi) is 5.08. The number of rotatable bonds is 0. The second-order valence-electron chi connectivity index (χ2n) is 2.47. The van der Waals surface area contributed by atoms with E-state index in [0.717, 1.165) is 5.92 Å². The SMILES string of the molecule is CC1CNC1.CCC. The fourth-order valence-electron chi connectivity index (χ4n) is 0.433. The molecular formula is C7H17N. The van der Waals surface area contributed by atoms with Crippen LogP contribution < -0.4 is 5.32 Å². The van der Waals surface area contributed by atoms with Gasteiger partial charge in [-0.3, -0.25) is 0 Å². The van der Waals surface area contributed by atoms with Crippen molar-refractivity contribution >= 4 is 0 Å². The van der Waals surface area contributed by atoms with E-state index in [-0.39, 0.29) is 0 Å². The minimum absolute atomic E-state index is 0.954. The molecule has 50 valence electrons. The number of hydrogen-bond acceptors (Lipinski definition) is 1. The molecule has 0 amide bonds. The van der Waals surface area contributed by atoms with Crippen molar-refractivity contribution in [1.82, 2.24) is 5.32 Å². The third-order valence-corrected chi connectivity index (χ3v) is 0.986. The molecule has 0 aromatic carbocycles. The predicted octanol–water partition coefficient (Wildman–Crippen LogP) is 1.64. The van der Waals surface area contributed by atoms with Gasteiger partial charge in [-0.15, -0.1) is 0 Å². The molecule has 1 heteroatoms. The molecule has 0 aromatic rings. The Morgan fingerprint density at radius 1 is 1.38 bits per heavy atom. The third kappa shape index (κ3) is 4.13. The van der Waals surface area contributed by atoms with Crippen LogP contribution in [0.4, 0.5) is 0 Å². The van der Waals surface area contributed by atoms with Gasteiger partial charge in [0.2, 0.25) is 0 Å². The summed E-state index contributed by atoms with van der Waals surface area (Å²) in [7, 11) is 0. The molecule has 0 bridgehead atoms. The van der Waals surface area contributed by atoms with Crippen molar-refractivity contribution in [3.63, 3.8) is 0 Å². The molecule has 8 heavy (non-hydrogen) atoms. The highest BCUT2D eigenvalue weighted by atomic mass is 14.9. The molecule has 1 aliphatic rings. The van der Waals surface area contributed by atoms with Gasteiger partial charge in [0, 0.05) is 0 Å². The minimum Gasteiger partial charge on any atom is -0.316 e. The first-order chi connectivity index (χ1) is 3.81. The largest absolute Gasteiger partial charge is 0.316 e. The second-order valence-corrected chi connectivity index (χ2v) is 2.47. The van der Waals surface area contributed by atoms with Crippen molar-refractivity contribution in [1.29, 1.82) is 0 Å². The maximum absolute atomic E-state index is 3.16. The van der Waals surface area contributed by atoms with Crippen LogP contribution in [0.1, 0.15) is 27.2 Å². The average Bonchev–Trinajstić information content (AvgIpc) is 1.64. The van der Waals surface area contributed by atoms with Crippen LogP contribution in [-0.4, -0.2) is 13.1 Å². The highest BCUT2D eigenvalue weighted by Crippen LogP contribution is 1.96. The summed E-state index contributed by atoms with van der Waals surface area (Å²) in [5.41, 5.74) is 0. The fraction of sp³-hybridized carbons (Fsp3) is 1.00. The van der Waals surface area contributed by atoms with E-state index in [2.05, 4.69) is 26.1 Å². The van der Waals surface area contributed by atoms with Crippen LogP contribution >= 0.6 is 0 Å². The zero-order chi connectivity index (χ0) is 6.41. The Morgan fingerprint density at radius 3 is 1.62 bits per heavy atom. The van der Waals surface area contributed by atoms with E-state index in [4.69, 9.17) is 0 Å². The van der Waals surface area contributed by atoms with Gasteiger partial charge in [0.1, 0.15) is 0 Å². The lowest BCUT2D eigenvalue weighted by atomic mass is 10.1. The van der Waals surface area contributed by atoms with Gasteiger partial charge in [0.15, 0.2) is 0 Å². The molecule has 1 nitrogen and oxygen atoms in total. The van der Waals surface area contributed by atoms with Crippen LogP contribution in [-0.2, 0) is 0 Å². The van der Waals surface area contributed by atoms with Gasteiger partial charge in [-0.25, -0.2) is 0 Å². The molecule has 0 aliphatic carbocycles. The molecular weight excluding hydrogens is 98.1 g/mol. The Balaban J connectivity index is 0.000000145. The van der Waals surface area contributed by atoms with Gasteiger partial charge >= 0.3 is 0 Å². The molecule has 0 atom stereocenters. The first kappa shape index (κ1) is 7.96. The Labute approximate surface area is 52.5 Å². The zero-order valence-electron chi connectivity index (χ0n) is 6.20. The van der Waals surface area contributed by atoms with Gasteiger partial charge in [0.25, 0.3) is 0 Å². The predicted molar refractivity (Wildman–Crippen MR) is 38.0 cm³/mol. The molecule has 0 spiro atoms. The molecule has 0 radical (unpaired) electrons. The van der Waals surface area contributed by atoms with E-state index < -0.39 is 0 Å². The highest BCUT2D eigenvalue weighted by Gasteiger charge is 2.07. The van der Waals surface area contributed by atoms with Crippen molar-refractivity contribution < 1.29 is 0 Å². The average molecular weight is 115 g/mol. The maximum atomic E-state index is 3.16. The summed E-state index contributed by atoms with van der Waals surface area (Å²) in [6.45, 7) is 8.97. The lowest BCUT2D eigenvalue weighted by molar-refractivity contribution is 0.379. The summed E-state index contributed by atoms with van der Waals surface area (Å²) in [5, 5.41) is 3.16. The molecule has 0 aromatic heterocycles. The smallest absolute Gasteiger partial charge is 0.00109 e. The van der Waals surface area contributed by atoms with Gasteiger partial charge in [-0.05, 0) is 19.0 Å². The first-order valence-electron chi connectivity index (χ1n) is 3.52. The van der Waals surface area contributed by atoms with Crippen LogP contribution in [0, 0.1) is 5.92 Å².